The fraction of sp³-hybridized carbons (Fsp3) is 0. The van der Waals surface area contributed by atoms with Crippen molar-refractivity contribution in [2.75, 3.05) is 0 Å². The minimum atomic E-state index is -0.584. The van der Waals surface area contributed by atoms with Crippen LogP contribution in [0.1, 0.15) is 0 Å². The quantitative estimate of drug-likeness (QED) is 0.708. The predicted octanol–water partition coefficient (Wildman–Crippen LogP) is 1.69. The largest absolute Gasteiger partial charge is 0.502 e. The fourth-order valence-electron chi connectivity index (χ4n) is 1.23. The highest BCUT2D eigenvalue weighted by molar-refractivity contribution is 5.59. The molecule has 2 rings (SSSR count). The van der Waals surface area contributed by atoms with Gasteiger partial charge in [-0.25, -0.2) is 9.83 Å². The third kappa shape index (κ3) is 1.77. The zero-order valence-corrected chi connectivity index (χ0v) is 8.14. The number of benzene rings is 1. The molecule has 2 N–H and O–H groups in total. The molecule has 5 nitrogen and oxygen atoms in total. The Morgan fingerprint density at radius 1 is 1.31 bits per heavy atom. The van der Waals surface area contributed by atoms with Crippen molar-refractivity contribution in [1.29, 1.82) is 0 Å². The van der Waals surface area contributed by atoms with E-state index < -0.39 is 11.3 Å². The normalized spacial score (nSPS) is 9.69. The molecule has 1 aromatic heterocycles. The van der Waals surface area contributed by atoms with Gasteiger partial charge in [0.1, 0.15) is 5.82 Å². The van der Waals surface area contributed by atoms with Crippen molar-refractivity contribution in [3.05, 3.63) is 52.2 Å². The molecule has 2 aromatic rings. The summed E-state index contributed by atoms with van der Waals surface area (Å²) in [6.45, 7) is 6.80. The summed E-state index contributed by atoms with van der Waals surface area (Å²) in [5.74, 6) is -0.0548. The van der Waals surface area contributed by atoms with Crippen LogP contribution in [-0.4, -0.2) is 15.1 Å². The van der Waals surface area contributed by atoms with E-state index in [0.29, 0.717) is 17.1 Å². The molecule has 0 aliphatic carbocycles. The Morgan fingerprint density at radius 2 is 2.00 bits per heavy atom. The molecule has 16 heavy (non-hydrogen) atoms. The standard InChI is InChI=1S/C11H7N3O2/c1-12-8-4-2-7(3-5-8)10-13-6-9(15)11(16)14-10/h2-6,15H,(H,13,14,16). The van der Waals surface area contributed by atoms with Crippen LogP contribution in [0.5, 0.6) is 5.75 Å². The van der Waals surface area contributed by atoms with Crippen LogP contribution in [0.25, 0.3) is 16.2 Å². The number of nitrogens with one attached hydrogen (secondary N) is 1. The third-order valence-electron chi connectivity index (χ3n) is 2.05. The second-order valence-corrected chi connectivity index (χ2v) is 3.10. The van der Waals surface area contributed by atoms with Gasteiger partial charge in [0.2, 0.25) is 0 Å². The molecule has 0 amide bonds. The van der Waals surface area contributed by atoms with E-state index in [1.165, 1.54) is 0 Å². The van der Waals surface area contributed by atoms with Crippen LogP contribution in [0.3, 0.4) is 0 Å². The molecule has 0 saturated carbocycles. The van der Waals surface area contributed by atoms with E-state index in [-0.39, 0.29) is 0 Å². The second kappa shape index (κ2) is 3.87. The zero-order chi connectivity index (χ0) is 11.5. The lowest BCUT2D eigenvalue weighted by Crippen LogP contribution is -2.07. The molecule has 0 fully saturated rings. The monoisotopic (exact) mass is 213 g/mol. The number of H-pyrrole nitrogens is 1. The number of hydrogen-bond acceptors (Lipinski definition) is 3. The lowest BCUT2D eigenvalue weighted by atomic mass is 10.2. The topological polar surface area (TPSA) is 70.3 Å². The summed E-state index contributed by atoms with van der Waals surface area (Å²) < 4.78 is 0. The predicted molar refractivity (Wildman–Crippen MR) is 58.2 cm³/mol. The first kappa shape index (κ1) is 9.93. The molecule has 1 heterocycles. The molecular formula is C11H7N3O2. The highest BCUT2D eigenvalue weighted by Gasteiger charge is 2.02. The summed E-state index contributed by atoms with van der Waals surface area (Å²) in [7, 11) is 0. The smallest absolute Gasteiger partial charge is 0.293 e. The molecule has 0 radical (unpaired) electrons. The minimum absolute atomic E-state index is 0.360. The molecule has 0 spiro atoms. The fourth-order valence-corrected chi connectivity index (χ4v) is 1.23. The van der Waals surface area contributed by atoms with E-state index >= 15 is 0 Å². The SMILES string of the molecule is [C-]#[N+]c1ccc(-c2ncc(O)c(=O)[nH]2)cc1. The summed E-state index contributed by atoms with van der Waals surface area (Å²) in [6.07, 6.45) is 1.09. The lowest BCUT2D eigenvalue weighted by molar-refractivity contribution is 0.463. The Morgan fingerprint density at radius 3 is 2.56 bits per heavy atom. The van der Waals surface area contributed by atoms with E-state index in [2.05, 4.69) is 14.8 Å². The number of aromatic hydroxyl groups is 1. The summed E-state index contributed by atoms with van der Waals surface area (Å²) >= 11 is 0. The number of hydrogen-bond donors (Lipinski definition) is 2. The van der Waals surface area contributed by atoms with Gasteiger partial charge in [0.25, 0.3) is 5.56 Å². The highest BCUT2D eigenvalue weighted by Crippen LogP contribution is 2.18. The van der Waals surface area contributed by atoms with Crippen LogP contribution in [0.15, 0.2) is 35.3 Å². The van der Waals surface area contributed by atoms with Crippen molar-refractivity contribution in [3.8, 4) is 17.1 Å². The van der Waals surface area contributed by atoms with Crippen LogP contribution >= 0.6 is 0 Å². The highest BCUT2D eigenvalue weighted by atomic mass is 16.3. The van der Waals surface area contributed by atoms with Crippen molar-refractivity contribution in [3.63, 3.8) is 0 Å². The van der Waals surface area contributed by atoms with E-state index in [9.17, 15) is 4.79 Å². The van der Waals surface area contributed by atoms with Gasteiger partial charge < -0.3 is 10.1 Å². The molecule has 78 valence electrons. The maximum Gasteiger partial charge on any atom is 0.293 e. The van der Waals surface area contributed by atoms with Gasteiger partial charge in [-0.15, -0.1) is 0 Å². The van der Waals surface area contributed by atoms with Crippen molar-refractivity contribution in [1.82, 2.24) is 9.97 Å². The Kier molecular flexibility index (Phi) is 2.40. The Balaban J connectivity index is 2.47. The van der Waals surface area contributed by atoms with Gasteiger partial charge in [0, 0.05) is 5.56 Å². The Hall–Kier alpha value is -2.61. The molecule has 0 aliphatic heterocycles. The summed E-state index contributed by atoms with van der Waals surface area (Å²) in [6, 6.07) is 6.63. The number of rotatable bonds is 1. The Labute approximate surface area is 90.9 Å². The number of nitrogens with zero attached hydrogens (tertiary/aromatic N) is 2. The first-order valence-electron chi connectivity index (χ1n) is 4.47. The van der Waals surface area contributed by atoms with E-state index in [4.69, 9.17) is 11.7 Å². The second-order valence-electron chi connectivity index (χ2n) is 3.10. The summed E-state index contributed by atoms with van der Waals surface area (Å²) in [5.41, 5.74) is 0.619. The van der Waals surface area contributed by atoms with Gasteiger partial charge in [-0.05, 0) is 0 Å². The van der Waals surface area contributed by atoms with Gasteiger partial charge in [-0.2, -0.15) is 0 Å². The molecule has 5 heteroatoms. The lowest BCUT2D eigenvalue weighted by Gasteiger charge is -2.00. The third-order valence-corrected chi connectivity index (χ3v) is 2.05. The van der Waals surface area contributed by atoms with Crippen molar-refractivity contribution >= 4 is 5.69 Å². The van der Waals surface area contributed by atoms with Crippen LogP contribution in [-0.2, 0) is 0 Å². The minimum Gasteiger partial charge on any atom is -0.502 e. The van der Waals surface area contributed by atoms with Crippen LogP contribution in [0, 0.1) is 6.57 Å². The first-order valence-corrected chi connectivity index (χ1v) is 4.47. The molecule has 0 atom stereocenters. The molecule has 0 unspecified atom stereocenters. The molecule has 0 bridgehead atoms. The molecule has 0 aliphatic rings. The van der Waals surface area contributed by atoms with E-state index in [1.807, 2.05) is 0 Å². The molecule has 0 saturated heterocycles. The number of aromatic amines is 1. The van der Waals surface area contributed by atoms with Crippen molar-refractivity contribution in [2.45, 2.75) is 0 Å². The molecule has 1 aromatic carbocycles. The maximum absolute atomic E-state index is 11.1. The first-order chi connectivity index (χ1) is 7.70. The Bertz CT molecular complexity index is 608. The molecular weight excluding hydrogens is 206 g/mol. The van der Waals surface area contributed by atoms with E-state index in [0.717, 1.165) is 6.20 Å². The van der Waals surface area contributed by atoms with Crippen LogP contribution in [0.4, 0.5) is 5.69 Å². The van der Waals surface area contributed by atoms with Crippen molar-refractivity contribution in [2.24, 2.45) is 0 Å². The summed E-state index contributed by atoms with van der Waals surface area (Å²) in [5, 5.41) is 9.03. The van der Waals surface area contributed by atoms with Crippen LogP contribution in [0.2, 0.25) is 0 Å². The van der Waals surface area contributed by atoms with Gasteiger partial charge in [-0.1, -0.05) is 24.3 Å². The van der Waals surface area contributed by atoms with Gasteiger partial charge in [0.05, 0.1) is 12.8 Å². The average molecular weight is 213 g/mol. The average Bonchev–Trinajstić information content (AvgIpc) is 2.33. The van der Waals surface area contributed by atoms with Crippen LogP contribution < -0.4 is 5.56 Å². The van der Waals surface area contributed by atoms with E-state index in [1.54, 1.807) is 24.3 Å². The maximum atomic E-state index is 11.1. The van der Waals surface area contributed by atoms with Crippen molar-refractivity contribution < 1.29 is 5.11 Å². The summed E-state index contributed by atoms with van der Waals surface area (Å²) in [4.78, 5) is 20.7. The zero-order valence-electron chi connectivity index (χ0n) is 8.14. The number of aromatic nitrogens is 2. The van der Waals surface area contributed by atoms with Gasteiger partial charge in [0.15, 0.2) is 11.4 Å². The van der Waals surface area contributed by atoms with Gasteiger partial charge in [-0.3, -0.25) is 4.79 Å². The van der Waals surface area contributed by atoms with Gasteiger partial charge >= 0.3 is 0 Å².